The fourth-order valence-corrected chi connectivity index (χ4v) is 7.61. The molecule has 3 aliphatic rings. The monoisotopic (exact) mass is 635 g/mol. The lowest BCUT2D eigenvalue weighted by atomic mass is 9.71. The Morgan fingerprint density at radius 2 is 1.80 bits per heavy atom. The SMILES string of the molecule is COc1cc2c(c(OC)c1OC)-c1ccc(NCCCCCC(=O)N3CC[C@]4(O)CCCC[C@@H]4C3)c(=O)cc1[C@@H](NC(C)=O)CC2. The van der Waals surface area contributed by atoms with Crippen LogP contribution >= 0.6 is 0 Å². The number of aryl methyl sites for hydroxylation is 1. The number of likely N-dealkylation sites (tertiary alicyclic amines) is 1. The summed E-state index contributed by atoms with van der Waals surface area (Å²) in [5, 5.41) is 17.3. The Labute approximate surface area is 271 Å². The van der Waals surface area contributed by atoms with E-state index < -0.39 is 5.60 Å². The number of anilines is 1. The summed E-state index contributed by atoms with van der Waals surface area (Å²) in [7, 11) is 4.73. The number of hydrogen-bond acceptors (Lipinski definition) is 8. The highest BCUT2D eigenvalue weighted by molar-refractivity contribution is 5.83. The van der Waals surface area contributed by atoms with Gasteiger partial charge >= 0.3 is 0 Å². The van der Waals surface area contributed by atoms with Gasteiger partial charge in [0.05, 0.1) is 38.7 Å². The molecule has 2 fully saturated rings. The normalized spacial score (nSPS) is 22.0. The summed E-state index contributed by atoms with van der Waals surface area (Å²) in [6.07, 6.45) is 8.97. The minimum atomic E-state index is -0.575. The summed E-state index contributed by atoms with van der Waals surface area (Å²) in [6.45, 7) is 3.40. The highest BCUT2D eigenvalue weighted by Gasteiger charge is 2.43. The third kappa shape index (κ3) is 7.12. The molecule has 5 rings (SSSR count). The van der Waals surface area contributed by atoms with Crippen molar-refractivity contribution in [3.63, 3.8) is 0 Å². The summed E-state index contributed by atoms with van der Waals surface area (Å²) in [6, 6.07) is 6.90. The number of ether oxygens (including phenoxy) is 3. The standard InChI is InChI=1S/C36H49N3O7/c1-23(40)38-28-14-12-24-20-31(44-2)34(45-3)35(46-4)33(24)26-13-15-29(30(41)21-27(26)28)37-18-9-5-6-11-32(42)39-19-17-36(43)16-8-7-10-25(36)22-39/h13,15,20-21,25,28,43H,5-12,14,16-19,22H2,1-4H3,(H,37,41)(H,38,40)/t25-,28+,36-/m1/s1. The van der Waals surface area contributed by atoms with Crippen molar-refractivity contribution in [1.82, 2.24) is 10.2 Å². The minimum absolute atomic E-state index is 0.164. The zero-order chi connectivity index (χ0) is 32.8. The Morgan fingerprint density at radius 3 is 2.54 bits per heavy atom. The smallest absolute Gasteiger partial charge is 0.222 e. The van der Waals surface area contributed by atoms with Crippen LogP contribution in [0, 0.1) is 5.92 Å². The predicted molar refractivity (Wildman–Crippen MR) is 178 cm³/mol. The number of hydrogen-bond donors (Lipinski definition) is 3. The van der Waals surface area contributed by atoms with E-state index >= 15 is 0 Å². The molecule has 2 aliphatic carbocycles. The maximum atomic E-state index is 13.5. The number of benzene rings is 1. The topological polar surface area (TPSA) is 126 Å². The van der Waals surface area contributed by atoms with Crippen LogP contribution in [-0.4, -0.2) is 68.4 Å². The molecule has 0 radical (unpaired) electrons. The van der Waals surface area contributed by atoms with Crippen LogP contribution < -0.4 is 30.3 Å². The first-order chi connectivity index (χ1) is 22.2. The number of piperidine rings is 1. The third-order valence-corrected chi connectivity index (χ3v) is 10.1. The molecule has 3 atom stereocenters. The van der Waals surface area contributed by atoms with E-state index in [0.717, 1.165) is 67.2 Å². The van der Waals surface area contributed by atoms with Gasteiger partial charge in [0.2, 0.25) is 23.0 Å². The van der Waals surface area contributed by atoms with Crippen molar-refractivity contribution in [3.8, 4) is 28.4 Å². The predicted octanol–water partition coefficient (Wildman–Crippen LogP) is 4.99. The minimum Gasteiger partial charge on any atom is -0.493 e. The lowest BCUT2D eigenvalue weighted by Gasteiger charge is -2.47. The quantitative estimate of drug-likeness (QED) is 0.295. The van der Waals surface area contributed by atoms with Crippen LogP contribution in [0.3, 0.4) is 0 Å². The average Bonchev–Trinajstić information content (AvgIpc) is 3.29. The van der Waals surface area contributed by atoms with Crippen LogP contribution in [0.15, 0.2) is 29.1 Å². The Bertz CT molecular complexity index is 1500. The number of unbranched alkanes of at least 4 members (excludes halogenated alkanes) is 2. The van der Waals surface area contributed by atoms with Gasteiger partial charge in [-0.1, -0.05) is 25.3 Å². The van der Waals surface area contributed by atoms with E-state index in [-0.39, 0.29) is 29.2 Å². The maximum absolute atomic E-state index is 13.5. The summed E-state index contributed by atoms with van der Waals surface area (Å²) >= 11 is 0. The lowest BCUT2D eigenvalue weighted by molar-refractivity contribution is -0.143. The number of carbonyl (C=O) groups excluding carboxylic acids is 2. The molecule has 10 nitrogen and oxygen atoms in total. The molecule has 0 bridgehead atoms. The summed E-state index contributed by atoms with van der Waals surface area (Å²) < 4.78 is 17.1. The first kappa shape index (κ1) is 33.6. The number of nitrogens with zero attached hydrogens (tertiary/aromatic N) is 1. The molecule has 0 aromatic heterocycles. The van der Waals surface area contributed by atoms with Crippen LogP contribution in [0.2, 0.25) is 0 Å². The van der Waals surface area contributed by atoms with Crippen LogP contribution in [-0.2, 0) is 16.0 Å². The van der Waals surface area contributed by atoms with Gasteiger partial charge in [0.1, 0.15) is 0 Å². The summed E-state index contributed by atoms with van der Waals surface area (Å²) in [5.74, 6) is 1.75. The molecular formula is C36H49N3O7. The molecule has 3 N–H and O–H groups in total. The van der Waals surface area contributed by atoms with Crippen molar-refractivity contribution in [2.24, 2.45) is 5.92 Å². The van der Waals surface area contributed by atoms with Gasteiger partial charge in [0, 0.05) is 44.5 Å². The molecule has 1 heterocycles. The summed E-state index contributed by atoms with van der Waals surface area (Å²) in [5.41, 5.74) is 3.04. The van der Waals surface area contributed by atoms with E-state index in [1.54, 1.807) is 33.5 Å². The molecule has 46 heavy (non-hydrogen) atoms. The largest absolute Gasteiger partial charge is 0.493 e. The molecule has 10 heteroatoms. The molecule has 2 amide bonds. The highest BCUT2D eigenvalue weighted by atomic mass is 16.5. The van der Waals surface area contributed by atoms with Gasteiger partial charge in [-0.25, -0.2) is 0 Å². The van der Waals surface area contributed by atoms with Crippen molar-refractivity contribution < 1.29 is 28.9 Å². The van der Waals surface area contributed by atoms with Gasteiger partial charge in [-0.2, -0.15) is 0 Å². The van der Waals surface area contributed by atoms with E-state index in [1.807, 2.05) is 17.0 Å². The molecule has 1 saturated carbocycles. The third-order valence-electron chi connectivity index (χ3n) is 10.1. The Morgan fingerprint density at radius 1 is 1.00 bits per heavy atom. The van der Waals surface area contributed by atoms with Gasteiger partial charge in [0.25, 0.3) is 0 Å². The summed E-state index contributed by atoms with van der Waals surface area (Å²) in [4.78, 5) is 40.6. The zero-order valence-corrected chi connectivity index (χ0v) is 27.7. The lowest BCUT2D eigenvalue weighted by Crippen LogP contribution is -2.54. The van der Waals surface area contributed by atoms with Crippen LogP contribution in [0.4, 0.5) is 5.69 Å². The molecule has 1 aliphatic heterocycles. The van der Waals surface area contributed by atoms with E-state index in [2.05, 4.69) is 10.6 Å². The Balaban J connectivity index is 1.26. The van der Waals surface area contributed by atoms with Crippen LogP contribution in [0.5, 0.6) is 17.2 Å². The molecule has 0 unspecified atom stereocenters. The highest BCUT2D eigenvalue weighted by Crippen LogP contribution is 2.50. The van der Waals surface area contributed by atoms with Crippen molar-refractivity contribution in [3.05, 3.63) is 45.6 Å². The van der Waals surface area contributed by atoms with E-state index in [1.165, 1.54) is 6.92 Å². The molecule has 250 valence electrons. The van der Waals surface area contributed by atoms with Crippen molar-refractivity contribution >= 4 is 17.5 Å². The second kappa shape index (κ2) is 14.8. The number of amides is 2. The number of methoxy groups -OCH3 is 3. The van der Waals surface area contributed by atoms with Crippen molar-refractivity contribution in [1.29, 1.82) is 0 Å². The number of rotatable bonds is 11. The number of fused-ring (bicyclic) bond motifs is 4. The Hall–Kier alpha value is -3.79. The molecule has 2 aromatic rings. The number of aliphatic hydroxyl groups is 1. The van der Waals surface area contributed by atoms with E-state index in [4.69, 9.17) is 14.2 Å². The molecule has 0 spiro atoms. The van der Waals surface area contributed by atoms with Gasteiger partial charge < -0.3 is 34.9 Å². The van der Waals surface area contributed by atoms with Crippen molar-refractivity contribution in [2.45, 2.75) is 89.2 Å². The maximum Gasteiger partial charge on any atom is 0.222 e. The van der Waals surface area contributed by atoms with Gasteiger partial charge in [-0.3, -0.25) is 14.4 Å². The molecule has 2 aromatic carbocycles. The van der Waals surface area contributed by atoms with Gasteiger partial charge in [-0.05, 0) is 79.8 Å². The second-order valence-corrected chi connectivity index (χ2v) is 13.0. The van der Waals surface area contributed by atoms with E-state index in [0.29, 0.717) is 68.3 Å². The van der Waals surface area contributed by atoms with Gasteiger partial charge in [-0.15, -0.1) is 0 Å². The number of carbonyl (C=O) groups is 2. The van der Waals surface area contributed by atoms with Crippen LogP contribution in [0.25, 0.3) is 11.1 Å². The van der Waals surface area contributed by atoms with E-state index in [9.17, 15) is 19.5 Å². The fraction of sp³-hybridized carbons (Fsp3) is 0.583. The van der Waals surface area contributed by atoms with Gasteiger partial charge in [0.15, 0.2) is 11.5 Å². The first-order valence-electron chi connectivity index (χ1n) is 16.7. The van der Waals surface area contributed by atoms with Crippen molar-refractivity contribution in [2.75, 3.05) is 46.3 Å². The Kier molecular flexibility index (Phi) is 10.8. The van der Waals surface area contributed by atoms with Crippen LogP contribution in [0.1, 0.15) is 88.3 Å². The second-order valence-electron chi connectivity index (χ2n) is 13.0. The fourth-order valence-electron chi connectivity index (χ4n) is 7.61. The first-order valence-corrected chi connectivity index (χ1v) is 16.7. The average molecular weight is 636 g/mol. The molecular weight excluding hydrogens is 586 g/mol. The zero-order valence-electron chi connectivity index (χ0n) is 27.7. The molecule has 1 saturated heterocycles. The number of nitrogens with one attached hydrogen (secondary N) is 2.